The number of nitrogens with zero attached hydrogens (tertiary/aromatic N) is 2. The summed E-state index contributed by atoms with van der Waals surface area (Å²) in [6.45, 7) is 35.3. The maximum Gasteiger partial charge on any atom is 0.408 e. The van der Waals surface area contributed by atoms with Crippen LogP contribution in [0.25, 0.3) is 0 Å². The van der Waals surface area contributed by atoms with Crippen LogP contribution in [-0.4, -0.2) is 85.0 Å². The summed E-state index contributed by atoms with van der Waals surface area (Å²) in [5.74, 6) is 0.655. The normalized spacial score (nSPS) is 18.4. The fraction of sp³-hybridized carbons (Fsp3) is 0.680. The summed E-state index contributed by atoms with van der Waals surface area (Å²) in [6.07, 6.45) is 11.5. The van der Waals surface area contributed by atoms with E-state index in [2.05, 4.69) is 82.5 Å². The number of nitrogens with one attached hydrogen (secondary N) is 4. The topological polar surface area (TPSA) is 132 Å². The molecular weight excluding hydrogens is 765 g/mol. The van der Waals surface area contributed by atoms with E-state index in [1.54, 1.807) is 25.7 Å². The zero-order valence-electron chi connectivity index (χ0n) is 40.6. The molecule has 0 spiro atoms. The molecule has 0 bridgehead atoms. The summed E-state index contributed by atoms with van der Waals surface area (Å²) < 4.78 is 5.25. The first-order valence-corrected chi connectivity index (χ1v) is 23.0. The maximum atomic E-state index is 13.3. The third kappa shape index (κ3) is 20.9. The standard InChI is InChI=1S/C35H52N6O5.C10H20.C3H8.C2H6/c1-22-17-29(41(21-22)31(43)20-37-34(45)46-35(5,6)7)24(3)38-28(18-26-15-16-26)23(2)33(44)36-19-30(42)39-32(25(4)40(8)9)27-13-11-10-12-14-27;1-10(2,3)9-7-5-4-6-8-9;1-3-2;1-2/h10-14,22,26,28-29,32,38H,2-4,15-21H2,1,5-9H3,(H,36,44)(H,37,45)(H,39,42);9H,4-8H2,1-3H3;3H2,1-2H3;1-2H3/t22-,28?,29?,32?;;;/m1.../s1. The number of carbonyl (C=O) groups is 4. The highest BCUT2D eigenvalue weighted by atomic mass is 16.6. The van der Waals surface area contributed by atoms with Gasteiger partial charge in [0.1, 0.15) is 12.1 Å². The Bertz CT molecular complexity index is 1540. The van der Waals surface area contributed by atoms with Gasteiger partial charge in [-0.05, 0) is 75.2 Å². The van der Waals surface area contributed by atoms with E-state index in [9.17, 15) is 19.2 Å². The Morgan fingerprint density at radius 1 is 0.852 bits per heavy atom. The Kier molecular flexibility index (Phi) is 24.2. The van der Waals surface area contributed by atoms with Gasteiger partial charge >= 0.3 is 6.09 Å². The summed E-state index contributed by atoms with van der Waals surface area (Å²) in [7, 11) is 3.72. The molecular formula is C50H86N6O5. The zero-order chi connectivity index (χ0) is 46.5. The molecule has 3 unspecified atom stereocenters. The highest BCUT2D eigenvalue weighted by Crippen LogP contribution is 2.38. The third-order valence-electron chi connectivity index (χ3n) is 10.9. The summed E-state index contributed by atoms with van der Waals surface area (Å²) in [5.41, 5.74) is 2.40. The van der Waals surface area contributed by atoms with Crippen molar-refractivity contribution >= 4 is 23.8 Å². The van der Waals surface area contributed by atoms with Gasteiger partial charge in [0.15, 0.2) is 0 Å². The van der Waals surface area contributed by atoms with Gasteiger partial charge in [0, 0.05) is 37.6 Å². The van der Waals surface area contributed by atoms with Gasteiger partial charge in [0.25, 0.3) is 0 Å². The maximum absolute atomic E-state index is 13.3. The summed E-state index contributed by atoms with van der Waals surface area (Å²) in [5, 5.41) is 11.6. The lowest BCUT2D eigenvalue weighted by Gasteiger charge is -2.33. The molecule has 3 fully saturated rings. The van der Waals surface area contributed by atoms with Crippen LogP contribution in [0.3, 0.4) is 0 Å². The van der Waals surface area contributed by atoms with Crippen LogP contribution < -0.4 is 21.3 Å². The van der Waals surface area contributed by atoms with Crippen LogP contribution in [0.1, 0.15) is 152 Å². The van der Waals surface area contributed by atoms with Crippen molar-refractivity contribution in [1.82, 2.24) is 31.1 Å². The molecule has 346 valence electrons. The second-order valence-corrected chi connectivity index (χ2v) is 19.1. The van der Waals surface area contributed by atoms with Gasteiger partial charge in [-0.1, -0.05) is 144 Å². The summed E-state index contributed by atoms with van der Waals surface area (Å²) in [6, 6.07) is 8.35. The van der Waals surface area contributed by atoms with Crippen LogP contribution in [-0.2, 0) is 19.1 Å². The minimum Gasteiger partial charge on any atom is -0.444 e. The van der Waals surface area contributed by atoms with Crippen molar-refractivity contribution in [2.75, 3.05) is 33.7 Å². The van der Waals surface area contributed by atoms with E-state index in [1.807, 2.05) is 63.2 Å². The Hall–Kier alpha value is -4.28. The fourth-order valence-electron chi connectivity index (χ4n) is 7.39. The number of likely N-dealkylation sites (N-methyl/N-ethyl adjacent to an activating group) is 1. The van der Waals surface area contributed by atoms with Crippen LogP contribution in [0.2, 0.25) is 0 Å². The van der Waals surface area contributed by atoms with Crippen LogP contribution >= 0.6 is 0 Å². The van der Waals surface area contributed by atoms with Gasteiger partial charge < -0.3 is 35.8 Å². The molecule has 4 N–H and O–H groups in total. The van der Waals surface area contributed by atoms with E-state index >= 15 is 0 Å². The quantitative estimate of drug-likeness (QED) is 0.129. The minimum absolute atomic E-state index is 0.193. The van der Waals surface area contributed by atoms with Gasteiger partial charge in [-0.25, -0.2) is 4.79 Å². The molecule has 1 aromatic carbocycles. The average molecular weight is 851 g/mol. The lowest BCUT2D eigenvalue weighted by molar-refractivity contribution is -0.130. The Labute approximate surface area is 371 Å². The molecule has 2 aliphatic carbocycles. The Morgan fingerprint density at radius 3 is 1.92 bits per heavy atom. The number of rotatable bonds is 15. The van der Waals surface area contributed by atoms with E-state index in [0.29, 0.717) is 47.7 Å². The molecule has 2 saturated carbocycles. The summed E-state index contributed by atoms with van der Waals surface area (Å²) in [4.78, 5) is 55.0. The number of amides is 4. The molecule has 61 heavy (non-hydrogen) atoms. The molecule has 0 aromatic heterocycles. The molecule has 3 aliphatic rings. The molecule has 1 aliphatic heterocycles. The number of carbonyl (C=O) groups excluding carboxylic acids is 4. The van der Waals surface area contributed by atoms with Crippen molar-refractivity contribution in [2.45, 2.75) is 164 Å². The summed E-state index contributed by atoms with van der Waals surface area (Å²) >= 11 is 0. The number of hydrogen-bond acceptors (Lipinski definition) is 7. The van der Waals surface area contributed by atoms with Crippen molar-refractivity contribution in [2.24, 2.45) is 23.2 Å². The minimum atomic E-state index is -0.670. The largest absolute Gasteiger partial charge is 0.444 e. The number of ether oxygens (including phenoxy) is 1. The third-order valence-corrected chi connectivity index (χ3v) is 10.9. The highest BCUT2D eigenvalue weighted by molar-refractivity contribution is 5.96. The SMILES string of the molecule is C=C(C(=O)NCC(=O)NC(C(=C)N(C)C)c1ccccc1)C(CC1CC1)NC(=C)C1C[C@@H](C)CN1C(=O)CNC(=O)OC(C)(C)C.CC.CC(C)(C)C1CCCCC1.CCC. The molecule has 1 saturated heterocycles. The first-order valence-electron chi connectivity index (χ1n) is 23.0. The van der Waals surface area contributed by atoms with Gasteiger partial charge in [-0.15, -0.1) is 0 Å². The molecule has 4 atom stereocenters. The number of benzene rings is 1. The van der Waals surface area contributed by atoms with Crippen molar-refractivity contribution < 1.29 is 23.9 Å². The second kappa shape index (κ2) is 26.9. The van der Waals surface area contributed by atoms with E-state index in [1.165, 1.54) is 38.5 Å². The van der Waals surface area contributed by atoms with Gasteiger partial charge in [0.05, 0.1) is 24.7 Å². The fourth-order valence-corrected chi connectivity index (χ4v) is 7.39. The monoisotopic (exact) mass is 851 g/mol. The molecule has 1 heterocycles. The van der Waals surface area contributed by atoms with Crippen molar-refractivity contribution in [3.8, 4) is 0 Å². The predicted molar refractivity (Wildman–Crippen MR) is 253 cm³/mol. The highest BCUT2D eigenvalue weighted by Gasteiger charge is 2.37. The van der Waals surface area contributed by atoms with Crippen molar-refractivity contribution in [1.29, 1.82) is 0 Å². The van der Waals surface area contributed by atoms with E-state index in [0.717, 1.165) is 24.3 Å². The Balaban J connectivity index is 0.00000105. The zero-order valence-corrected chi connectivity index (χ0v) is 40.6. The average Bonchev–Trinajstić information content (AvgIpc) is 3.94. The first-order chi connectivity index (χ1) is 28.6. The number of likely N-dealkylation sites (tertiary alicyclic amines) is 1. The number of hydrogen-bond donors (Lipinski definition) is 4. The van der Waals surface area contributed by atoms with Crippen molar-refractivity contribution in [3.05, 3.63) is 72.6 Å². The predicted octanol–water partition coefficient (Wildman–Crippen LogP) is 9.68. The Morgan fingerprint density at radius 2 is 1.43 bits per heavy atom. The van der Waals surface area contributed by atoms with Crippen LogP contribution in [0, 0.1) is 23.2 Å². The second-order valence-electron chi connectivity index (χ2n) is 19.1. The molecule has 0 radical (unpaired) electrons. The molecule has 11 nitrogen and oxygen atoms in total. The molecule has 4 amide bonds. The van der Waals surface area contributed by atoms with Crippen molar-refractivity contribution in [3.63, 3.8) is 0 Å². The molecule has 4 rings (SSSR count). The smallest absolute Gasteiger partial charge is 0.408 e. The van der Waals surface area contributed by atoms with Crippen LogP contribution in [0.15, 0.2) is 67.0 Å². The van der Waals surface area contributed by atoms with E-state index in [-0.39, 0.29) is 36.9 Å². The molecule has 11 heteroatoms. The lowest BCUT2D eigenvalue weighted by atomic mass is 9.72. The van der Waals surface area contributed by atoms with Gasteiger partial charge in [0.2, 0.25) is 17.7 Å². The first kappa shape index (κ1) is 54.7. The van der Waals surface area contributed by atoms with Crippen LogP contribution in [0.4, 0.5) is 4.79 Å². The van der Waals surface area contributed by atoms with E-state index < -0.39 is 29.7 Å². The number of alkyl carbamates (subject to hydrolysis) is 1. The molecule has 1 aromatic rings. The van der Waals surface area contributed by atoms with E-state index in [4.69, 9.17) is 4.74 Å². The lowest BCUT2D eigenvalue weighted by Crippen LogP contribution is -2.48. The van der Waals surface area contributed by atoms with Gasteiger partial charge in [-0.3, -0.25) is 14.4 Å². The van der Waals surface area contributed by atoms with Gasteiger partial charge in [-0.2, -0.15) is 0 Å². The van der Waals surface area contributed by atoms with Crippen LogP contribution in [0.5, 0.6) is 0 Å².